The van der Waals surface area contributed by atoms with E-state index in [0.717, 1.165) is 5.75 Å². The Kier molecular flexibility index (Phi) is 6.98. The number of hydrogen-bond donors (Lipinski definition) is 1. The van der Waals surface area contributed by atoms with Crippen molar-refractivity contribution in [3.63, 3.8) is 0 Å². The van der Waals surface area contributed by atoms with Gasteiger partial charge in [0, 0.05) is 21.5 Å². The zero-order valence-electron chi connectivity index (χ0n) is 14.0. The van der Waals surface area contributed by atoms with Crippen molar-refractivity contribution >= 4 is 27.4 Å². The minimum Gasteiger partial charge on any atom is -0.302 e. The van der Waals surface area contributed by atoms with Crippen molar-refractivity contribution in [2.24, 2.45) is 5.41 Å². The Morgan fingerprint density at radius 3 is 1.79 bits per heavy atom. The molecular formula is C15H31NOS2. The summed E-state index contributed by atoms with van der Waals surface area (Å²) in [5.41, 5.74) is -0.339. The van der Waals surface area contributed by atoms with E-state index in [0.29, 0.717) is 5.78 Å². The summed E-state index contributed by atoms with van der Waals surface area (Å²) in [5.74, 6) is 1.11. The van der Waals surface area contributed by atoms with E-state index < -0.39 is 0 Å². The van der Waals surface area contributed by atoms with Crippen LogP contribution in [-0.2, 0) is 4.79 Å². The molecule has 0 unspecified atom stereocenters. The number of hydrogen-bond acceptors (Lipinski definition) is 4. The van der Waals surface area contributed by atoms with Gasteiger partial charge in [-0.1, -0.05) is 63.1 Å². The molecule has 0 amide bonds. The summed E-state index contributed by atoms with van der Waals surface area (Å²) in [6, 6.07) is -0.0835. The molecule has 0 fully saturated rings. The van der Waals surface area contributed by atoms with E-state index in [1.807, 2.05) is 31.6 Å². The van der Waals surface area contributed by atoms with Gasteiger partial charge in [0.15, 0.2) is 5.78 Å². The molecule has 0 radical (unpaired) electrons. The molecule has 1 N–H and O–H groups in total. The quantitative estimate of drug-likeness (QED) is 0.755. The van der Waals surface area contributed by atoms with E-state index in [1.165, 1.54) is 0 Å². The standard InChI is InChI=1S/C15H31NOS2/c1-13(2,3)12(17)11(16-14(4,5)6)10-18-19-15(7,8)9/h11,16H,10H2,1-9H3/t11-/m0/s1. The molecule has 0 saturated heterocycles. The number of Topliss-reactive ketones (excluding diaryl/α,β-unsaturated/α-hetero) is 1. The van der Waals surface area contributed by atoms with Gasteiger partial charge in [-0.25, -0.2) is 0 Å². The Balaban J connectivity index is 4.66. The van der Waals surface area contributed by atoms with Crippen LogP contribution >= 0.6 is 21.6 Å². The molecule has 2 nitrogen and oxygen atoms in total. The van der Waals surface area contributed by atoms with Gasteiger partial charge in [-0.3, -0.25) is 4.79 Å². The highest BCUT2D eigenvalue weighted by molar-refractivity contribution is 8.77. The third-order valence-corrected chi connectivity index (χ3v) is 5.56. The van der Waals surface area contributed by atoms with Crippen LogP contribution in [0, 0.1) is 5.41 Å². The minimum atomic E-state index is -0.296. The monoisotopic (exact) mass is 305 g/mol. The van der Waals surface area contributed by atoms with Gasteiger partial charge in [0.2, 0.25) is 0 Å². The highest BCUT2D eigenvalue weighted by Crippen LogP contribution is 2.36. The van der Waals surface area contributed by atoms with Gasteiger partial charge in [0.1, 0.15) is 0 Å². The van der Waals surface area contributed by atoms with Crippen LogP contribution in [0.25, 0.3) is 0 Å². The molecule has 0 aromatic heterocycles. The van der Waals surface area contributed by atoms with Crippen molar-refractivity contribution in [3.8, 4) is 0 Å². The van der Waals surface area contributed by atoms with Gasteiger partial charge >= 0.3 is 0 Å². The topological polar surface area (TPSA) is 29.1 Å². The number of carbonyl (C=O) groups is 1. The summed E-state index contributed by atoms with van der Waals surface area (Å²) in [7, 11) is 3.63. The summed E-state index contributed by atoms with van der Waals surface area (Å²) in [6.45, 7) is 18.9. The van der Waals surface area contributed by atoms with Crippen molar-refractivity contribution in [2.45, 2.75) is 78.6 Å². The first-order valence-corrected chi connectivity index (χ1v) is 9.17. The zero-order valence-corrected chi connectivity index (χ0v) is 15.6. The Morgan fingerprint density at radius 1 is 1.00 bits per heavy atom. The van der Waals surface area contributed by atoms with Crippen molar-refractivity contribution in [2.75, 3.05) is 5.75 Å². The highest BCUT2D eigenvalue weighted by atomic mass is 33.1. The van der Waals surface area contributed by atoms with Crippen LogP contribution in [0.2, 0.25) is 0 Å². The maximum Gasteiger partial charge on any atom is 0.155 e. The summed E-state index contributed by atoms with van der Waals surface area (Å²) in [4.78, 5) is 12.5. The molecule has 0 aromatic rings. The summed E-state index contributed by atoms with van der Waals surface area (Å²) in [5, 5.41) is 3.47. The molecule has 0 rings (SSSR count). The highest BCUT2D eigenvalue weighted by Gasteiger charge is 2.32. The lowest BCUT2D eigenvalue weighted by Crippen LogP contribution is -2.52. The van der Waals surface area contributed by atoms with Crippen LogP contribution in [0.1, 0.15) is 62.3 Å². The normalized spacial score (nSPS) is 15.4. The Hall–Kier alpha value is 0.330. The van der Waals surface area contributed by atoms with Crippen LogP contribution in [0.15, 0.2) is 0 Å². The molecule has 0 spiro atoms. The molecule has 0 aromatic carbocycles. The fourth-order valence-electron chi connectivity index (χ4n) is 1.51. The van der Waals surface area contributed by atoms with Crippen LogP contribution in [0.3, 0.4) is 0 Å². The van der Waals surface area contributed by atoms with Crippen LogP contribution in [0.4, 0.5) is 0 Å². The molecule has 0 aliphatic rings. The van der Waals surface area contributed by atoms with Gasteiger partial charge in [-0.2, -0.15) is 0 Å². The maximum absolute atomic E-state index is 12.5. The van der Waals surface area contributed by atoms with Gasteiger partial charge in [-0.15, -0.1) is 0 Å². The molecule has 0 aliphatic heterocycles. The molecule has 0 aliphatic carbocycles. The first kappa shape index (κ1) is 19.3. The van der Waals surface area contributed by atoms with Crippen molar-refractivity contribution in [1.29, 1.82) is 0 Å². The summed E-state index contributed by atoms with van der Waals surface area (Å²) in [6.07, 6.45) is 0. The Bertz CT molecular complexity index is 295. The van der Waals surface area contributed by atoms with Gasteiger partial charge < -0.3 is 5.32 Å². The molecular weight excluding hydrogens is 274 g/mol. The van der Waals surface area contributed by atoms with Crippen LogP contribution in [0.5, 0.6) is 0 Å². The molecule has 1 atom stereocenters. The molecule has 19 heavy (non-hydrogen) atoms. The van der Waals surface area contributed by atoms with Gasteiger partial charge in [0.05, 0.1) is 6.04 Å². The second-order valence-electron chi connectivity index (χ2n) is 8.04. The fourth-order valence-corrected chi connectivity index (χ4v) is 3.97. The van der Waals surface area contributed by atoms with E-state index >= 15 is 0 Å². The Morgan fingerprint density at radius 2 is 1.47 bits per heavy atom. The Labute approximate surface area is 127 Å². The lowest BCUT2D eigenvalue weighted by atomic mass is 9.86. The first-order valence-electron chi connectivity index (χ1n) is 6.85. The number of carbonyl (C=O) groups excluding carboxylic acids is 1. The van der Waals surface area contributed by atoms with E-state index in [-0.39, 0.29) is 21.7 Å². The van der Waals surface area contributed by atoms with E-state index in [9.17, 15) is 4.79 Å². The van der Waals surface area contributed by atoms with E-state index in [1.54, 1.807) is 10.8 Å². The van der Waals surface area contributed by atoms with E-state index in [4.69, 9.17) is 0 Å². The summed E-state index contributed by atoms with van der Waals surface area (Å²) >= 11 is 0. The average molecular weight is 306 g/mol. The largest absolute Gasteiger partial charge is 0.302 e. The fraction of sp³-hybridized carbons (Fsp3) is 0.933. The second-order valence-corrected chi connectivity index (χ2v) is 11.2. The number of ketones is 1. The molecule has 114 valence electrons. The third-order valence-electron chi connectivity index (χ3n) is 2.21. The van der Waals surface area contributed by atoms with E-state index in [2.05, 4.69) is 46.9 Å². The SMILES string of the molecule is CC(C)(C)N[C@@H](CSSC(C)(C)C)C(=O)C(C)(C)C. The van der Waals surface area contributed by atoms with Crippen molar-refractivity contribution < 1.29 is 4.79 Å². The molecule has 0 bridgehead atoms. The predicted octanol–water partition coefficient (Wildman–Crippen LogP) is 4.54. The van der Waals surface area contributed by atoms with Crippen molar-refractivity contribution in [1.82, 2.24) is 5.32 Å². The van der Waals surface area contributed by atoms with Crippen LogP contribution < -0.4 is 5.32 Å². The lowest BCUT2D eigenvalue weighted by molar-refractivity contribution is -0.128. The lowest BCUT2D eigenvalue weighted by Gasteiger charge is -2.32. The van der Waals surface area contributed by atoms with Gasteiger partial charge in [-0.05, 0) is 20.8 Å². The molecule has 0 heterocycles. The predicted molar refractivity (Wildman–Crippen MR) is 90.9 cm³/mol. The molecule has 4 heteroatoms. The number of nitrogens with one attached hydrogen (secondary N) is 1. The third kappa shape index (κ3) is 9.80. The summed E-state index contributed by atoms with van der Waals surface area (Å²) < 4.78 is 0.224. The van der Waals surface area contributed by atoms with Crippen LogP contribution in [-0.4, -0.2) is 27.9 Å². The maximum atomic E-state index is 12.5. The van der Waals surface area contributed by atoms with Crippen molar-refractivity contribution in [3.05, 3.63) is 0 Å². The second kappa shape index (κ2) is 6.86. The average Bonchev–Trinajstić information content (AvgIpc) is 2.09. The van der Waals surface area contributed by atoms with Gasteiger partial charge in [0.25, 0.3) is 0 Å². The molecule has 0 saturated carbocycles. The smallest absolute Gasteiger partial charge is 0.155 e. The minimum absolute atomic E-state index is 0.0431. The number of rotatable bonds is 5. The zero-order chi connectivity index (χ0) is 15.5. The first-order chi connectivity index (χ1) is 8.22.